The Balaban J connectivity index is 1.73. The van der Waals surface area contributed by atoms with Gasteiger partial charge >= 0.3 is 11.9 Å². The Morgan fingerprint density at radius 3 is 1.50 bits per heavy atom. The van der Waals surface area contributed by atoms with Crippen LogP contribution < -0.4 is 0 Å². The van der Waals surface area contributed by atoms with E-state index >= 15 is 0 Å². The monoisotopic (exact) mass is 368 g/mol. The van der Waals surface area contributed by atoms with Gasteiger partial charge in [0.15, 0.2) is 0 Å². The molecule has 0 aliphatic carbocycles. The van der Waals surface area contributed by atoms with Gasteiger partial charge in [0.1, 0.15) is 12.1 Å². The second-order valence-electron chi connectivity index (χ2n) is 6.74. The lowest BCUT2D eigenvalue weighted by Crippen LogP contribution is -2.41. The summed E-state index contributed by atoms with van der Waals surface area (Å²) in [6.45, 7) is 1.15. The van der Waals surface area contributed by atoms with Crippen molar-refractivity contribution >= 4 is 23.8 Å². The second kappa shape index (κ2) is 9.54. The Bertz CT molecular complexity index is 502. The molecule has 2 amide bonds. The number of hydrogen-bond acceptors (Lipinski definition) is 6. The van der Waals surface area contributed by atoms with E-state index in [-0.39, 0.29) is 23.8 Å². The molecule has 0 aromatic heterocycles. The van der Waals surface area contributed by atoms with Crippen molar-refractivity contribution in [1.82, 2.24) is 9.80 Å². The standard InChI is InChI=1S/C18H28N2O6/c1-25-17(23)13-7-5-11-19(13)15(21)9-3-4-10-16(22)20-12-6-8-14(20)18(24)26-2/h13-14H,3-12H2,1-2H3/t13-,14?/m1/s1. The summed E-state index contributed by atoms with van der Waals surface area (Å²) in [4.78, 5) is 51.2. The van der Waals surface area contributed by atoms with Crippen molar-refractivity contribution in [3.63, 3.8) is 0 Å². The fourth-order valence-electron chi connectivity index (χ4n) is 3.73. The molecule has 0 spiro atoms. The third kappa shape index (κ3) is 4.74. The number of unbranched alkanes of at least 4 members (excludes halogenated alkanes) is 1. The molecule has 2 heterocycles. The Labute approximate surface area is 153 Å². The van der Waals surface area contributed by atoms with E-state index in [1.807, 2.05) is 0 Å². The number of nitrogens with zero attached hydrogens (tertiary/aromatic N) is 2. The first-order valence-electron chi connectivity index (χ1n) is 9.24. The maximum Gasteiger partial charge on any atom is 0.328 e. The number of ether oxygens (including phenoxy) is 2. The number of esters is 2. The van der Waals surface area contributed by atoms with Gasteiger partial charge in [-0.1, -0.05) is 0 Å². The van der Waals surface area contributed by atoms with E-state index in [2.05, 4.69) is 0 Å². The van der Waals surface area contributed by atoms with Crippen molar-refractivity contribution < 1.29 is 28.7 Å². The van der Waals surface area contributed by atoms with Gasteiger partial charge in [0.05, 0.1) is 14.2 Å². The molecule has 8 nitrogen and oxygen atoms in total. The predicted molar refractivity (Wildman–Crippen MR) is 92.0 cm³/mol. The van der Waals surface area contributed by atoms with E-state index in [9.17, 15) is 19.2 Å². The molecule has 2 rings (SSSR count). The SMILES string of the molecule is COC(=O)C1CCCN1C(=O)CCCCC(=O)N1CCC[C@@H]1C(=O)OC. The van der Waals surface area contributed by atoms with Crippen molar-refractivity contribution in [1.29, 1.82) is 0 Å². The number of rotatable bonds is 7. The molecule has 2 aliphatic rings. The molecule has 146 valence electrons. The molecule has 2 aliphatic heterocycles. The highest BCUT2D eigenvalue weighted by Crippen LogP contribution is 2.22. The first kappa shape index (κ1) is 20.2. The van der Waals surface area contributed by atoms with Crippen LogP contribution in [0.3, 0.4) is 0 Å². The number of amides is 2. The zero-order valence-corrected chi connectivity index (χ0v) is 15.6. The molecule has 26 heavy (non-hydrogen) atoms. The maximum absolute atomic E-state index is 12.3. The molecule has 1 unspecified atom stereocenters. The minimum absolute atomic E-state index is 0.0704. The third-order valence-corrected chi connectivity index (χ3v) is 5.12. The first-order chi connectivity index (χ1) is 12.5. The van der Waals surface area contributed by atoms with Crippen LogP contribution >= 0.6 is 0 Å². The van der Waals surface area contributed by atoms with Gasteiger partial charge in [-0.05, 0) is 38.5 Å². The van der Waals surface area contributed by atoms with E-state index in [1.165, 1.54) is 14.2 Å². The molecule has 2 fully saturated rings. The number of carbonyl (C=O) groups excluding carboxylic acids is 4. The molecular weight excluding hydrogens is 340 g/mol. The quantitative estimate of drug-likeness (QED) is 0.489. The summed E-state index contributed by atoms with van der Waals surface area (Å²) in [5.41, 5.74) is 0. The molecule has 0 saturated carbocycles. The van der Waals surface area contributed by atoms with Crippen LogP contribution in [0.15, 0.2) is 0 Å². The van der Waals surface area contributed by atoms with Gasteiger partial charge in [-0.2, -0.15) is 0 Å². The van der Waals surface area contributed by atoms with Crippen molar-refractivity contribution in [2.45, 2.75) is 63.5 Å². The topological polar surface area (TPSA) is 93.2 Å². The summed E-state index contributed by atoms with van der Waals surface area (Å²) in [5, 5.41) is 0. The van der Waals surface area contributed by atoms with Crippen molar-refractivity contribution in [3.8, 4) is 0 Å². The van der Waals surface area contributed by atoms with Crippen molar-refractivity contribution in [2.24, 2.45) is 0 Å². The summed E-state index contributed by atoms with van der Waals surface area (Å²) in [7, 11) is 2.66. The van der Waals surface area contributed by atoms with Gasteiger partial charge in [-0.3, -0.25) is 9.59 Å². The first-order valence-corrected chi connectivity index (χ1v) is 9.24. The molecular formula is C18H28N2O6. The third-order valence-electron chi connectivity index (χ3n) is 5.12. The Morgan fingerprint density at radius 1 is 0.769 bits per heavy atom. The smallest absolute Gasteiger partial charge is 0.328 e. The second-order valence-corrected chi connectivity index (χ2v) is 6.74. The normalized spacial score (nSPS) is 22.4. The zero-order chi connectivity index (χ0) is 19.1. The van der Waals surface area contributed by atoms with Gasteiger partial charge in [-0.15, -0.1) is 0 Å². The lowest BCUT2D eigenvalue weighted by atomic mass is 10.1. The lowest BCUT2D eigenvalue weighted by molar-refractivity contribution is -0.151. The zero-order valence-electron chi connectivity index (χ0n) is 15.6. The Morgan fingerprint density at radius 2 is 1.15 bits per heavy atom. The highest BCUT2D eigenvalue weighted by atomic mass is 16.5. The minimum Gasteiger partial charge on any atom is -0.467 e. The lowest BCUT2D eigenvalue weighted by Gasteiger charge is -2.23. The summed E-state index contributed by atoms with van der Waals surface area (Å²) in [5.74, 6) is -0.874. The largest absolute Gasteiger partial charge is 0.467 e. The van der Waals surface area contributed by atoms with Crippen LogP contribution in [0, 0.1) is 0 Å². The van der Waals surface area contributed by atoms with E-state index in [1.54, 1.807) is 9.80 Å². The van der Waals surface area contributed by atoms with E-state index < -0.39 is 12.1 Å². The van der Waals surface area contributed by atoms with Crippen molar-refractivity contribution in [2.75, 3.05) is 27.3 Å². The highest BCUT2D eigenvalue weighted by Gasteiger charge is 2.35. The molecule has 0 aromatic rings. The van der Waals surface area contributed by atoms with Crippen molar-refractivity contribution in [3.05, 3.63) is 0 Å². The summed E-state index contributed by atoms with van der Waals surface area (Å²) < 4.78 is 9.49. The van der Waals surface area contributed by atoms with Gasteiger partial charge in [0.25, 0.3) is 0 Å². The van der Waals surface area contributed by atoms with E-state index in [0.717, 1.165) is 12.8 Å². The van der Waals surface area contributed by atoms with Crippen LogP contribution in [0.25, 0.3) is 0 Å². The molecule has 0 radical (unpaired) electrons. The van der Waals surface area contributed by atoms with Crippen LogP contribution in [0.2, 0.25) is 0 Å². The fraction of sp³-hybridized carbons (Fsp3) is 0.778. The van der Waals surface area contributed by atoms with Gasteiger partial charge in [0, 0.05) is 25.9 Å². The highest BCUT2D eigenvalue weighted by molar-refractivity contribution is 5.86. The maximum atomic E-state index is 12.3. The molecule has 2 atom stereocenters. The summed E-state index contributed by atoms with van der Waals surface area (Å²) in [6.07, 6.45) is 4.64. The van der Waals surface area contributed by atoms with Crippen LogP contribution in [-0.4, -0.2) is 72.9 Å². The van der Waals surface area contributed by atoms with E-state index in [4.69, 9.17) is 9.47 Å². The van der Waals surface area contributed by atoms with Crippen LogP contribution in [-0.2, 0) is 28.7 Å². The van der Waals surface area contributed by atoms with Crippen LogP contribution in [0.4, 0.5) is 0 Å². The molecule has 8 heteroatoms. The average molecular weight is 368 g/mol. The van der Waals surface area contributed by atoms with Crippen LogP contribution in [0.1, 0.15) is 51.4 Å². The van der Waals surface area contributed by atoms with E-state index in [0.29, 0.717) is 51.6 Å². The minimum atomic E-state index is -0.473. The van der Waals surface area contributed by atoms with Gasteiger partial charge < -0.3 is 19.3 Å². The van der Waals surface area contributed by atoms with Gasteiger partial charge in [0.2, 0.25) is 11.8 Å². The number of hydrogen-bond donors (Lipinski definition) is 0. The Hall–Kier alpha value is -2.12. The average Bonchev–Trinajstić information content (AvgIpc) is 3.32. The summed E-state index contributed by atoms with van der Waals surface area (Å²) in [6, 6.07) is -0.945. The fourth-order valence-corrected chi connectivity index (χ4v) is 3.73. The number of likely N-dealkylation sites (tertiary alicyclic amines) is 2. The Kier molecular flexibility index (Phi) is 7.41. The molecule has 0 aromatic carbocycles. The van der Waals surface area contributed by atoms with Gasteiger partial charge in [-0.25, -0.2) is 9.59 Å². The number of carbonyl (C=O) groups is 4. The molecule has 2 saturated heterocycles. The predicted octanol–water partition coefficient (Wildman–Crippen LogP) is 0.875. The molecule has 0 bridgehead atoms. The van der Waals surface area contributed by atoms with Crippen LogP contribution in [0.5, 0.6) is 0 Å². The molecule has 0 N–H and O–H groups in total. The summed E-state index contributed by atoms with van der Waals surface area (Å²) >= 11 is 0. The number of methoxy groups -OCH3 is 2.